The molecule has 2 aromatic carbocycles. The van der Waals surface area contributed by atoms with Crippen LogP contribution < -0.4 is 19.7 Å². The Hall–Kier alpha value is -4.47. The van der Waals surface area contributed by atoms with Gasteiger partial charge < -0.3 is 19.7 Å². The number of carbonyl (C=O) groups excluding carboxylic acids is 1. The predicted octanol–water partition coefficient (Wildman–Crippen LogP) is 9.71. The minimum absolute atomic E-state index is 0.00579. The minimum Gasteiger partial charge on any atom is -0.467 e. The van der Waals surface area contributed by atoms with E-state index < -0.39 is 17.8 Å². The van der Waals surface area contributed by atoms with Crippen LogP contribution in [0.1, 0.15) is 116 Å². The molecule has 0 amide bonds. The highest BCUT2D eigenvalue weighted by molar-refractivity contribution is 6.03. The predicted molar refractivity (Wildman–Crippen MR) is 225 cm³/mol. The Labute approximate surface area is 341 Å². The molecule has 2 aromatic heterocycles. The van der Waals surface area contributed by atoms with Gasteiger partial charge >= 0.3 is 6.01 Å². The van der Waals surface area contributed by atoms with Gasteiger partial charge in [-0.25, -0.2) is 13.2 Å². The van der Waals surface area contributed by atoms with Crippen molar-refractivity contribution >= 4 is 34.0 Å². The summed E-state index contributed by atoms with van der Waals surface area (Å²) in [6.07, 6.45) is 26.5. The number of benzene rings is 2. The summed E-state index contributed by atoms with van der Waals surface area (Å²) in [5.41, 5.74) is -0.00136. The fourth-order valence-electron chi connectivity index (χ4n) is 8.96. The van der Waals surface area contributed by atoms with Crippen LogP contribution in [-0.4, -0.2) is 83.9 Å². The van der Waals surface area contributed by atoms with Gasteiger partial charge in [-0.2, -0.15) is 9.97 Å². The van der Waals surface area contributed by atoms with E-state index in [0.29, 0.717) is 41.3 Å². The van der Waals surface area contributed by atoms with Gasteiger partial charge in [-0.15, -0.1) is 6.42 Å². The van der Waals surface area contributed by atoms with Crippen LogP contribution in [0.2, 0.25) is 0 Å². The van der Waals surface area contributed by atoms with Gasteiger partial charge in [0.25, 0.3) is 6.47 Å². The highest BCUT2D eigenvalue weighted by Gasteiger charge is 2.35. The van der Waals surface area contributed by atoms with Crippen LogP contribution in [0.15, 0.2) is 30.5 Å². The van der Waals surface area contributed by atoms with Gasteiger partial charge in [0.2, 0.25) is 0 Å². The maximum atomic E-state index is 16.3. The summed E-state index contributed by atoms with van der Waals surface area (Å²) >= 11 is 0. The molecule has 312 valence electrons. The van der Waals surface area contributed by atoms with E-state index in [9.17, 15) is 13.6 Å². The molecule has 3 unspecified atom stereocenters. The number of pyridine rings is 1. The second-order valence-corrected chi connectivity index (χ2v) is 16.1. The van der Waals surface area contributed by atoms with Gasteiger partial charge in [0.05, 0.1) is 18.1 Å². The van der Waals surface area contributed by atoms with E-state index in [2.05, 4.69) is 49.8 Å². The number of anilines is 1. The largest absolute Gasteiger partial charge is 0.467 e. The maximum Gasteiger partial charge on any atom is 0.318 e. The molecule has 8 rings (SSSR count). The molecule has 4 atom stereocenters. The van der Waals surface area contributed by atoms with E-state index in [1.165, 1.54) is 115 Å². The summed E-state index contributed by atoms with van der Waals surface area (Å²) in [6.45, 7) is 8.11. The van der Waals surface area contributed by atoms with Gasteiger partial charge in [0.1, 0.15) is 34.8 Å². The zero-order chi connectivity index (χ0) is 41.0. The lowest BCUT2D eigenvalue weighted by Crippen LogP contribution is -2.51. The number of unbranched alkanes of at least 4 members (excludes halogenated alkanes) is 9. The van der Waals surface area contributed by atoms with Crippen molar-refractivity contribution in [3.05, 3.63) is 47.7 Å². The van der Waals surface area contributed by atoms with Crippen LogP contribution in [0.5, 0.6) is 11.8 Å². The SMILES string of the molecule is C#Cc1c(F)ccc2cc(OC=O)cc(-c3ncc4c(N5CC6CCC(C5)N6)nc(OC)nc4c3F)c12.CCCCCCCCCCCC.F[C@@H]1CC2CCCN2C1. The molecule has 1 N–H and O–H groups in total. The van der Waals surface area contributed by atoms with Gasteiger partial charge in [0, 0.05) is 54.9 Å². The quantitative estimate of drug-likeness (QED) is 0.0761. The van der Waals surface area contributed by atoms with Gasteiger partial charge in [-0.1, -0.05) is 90.0 Å². The highest BCUT2D eigenvalue weighted by Crippen LogP contribution is 2.39. The fourth-order valence-corrected chi connectivity index (χ4v) is 8.96. The number of hydrogen-bond donors (Lipinski definition) is 1. The first-order chi connectivity index (χ1) is 28.3. The van der Waals surface area contributed by atoms with E-state index in [4.69, 9.17) is 15.9 Å². The molecule has 12 heteroatoms. The average molecular weight is 801 g/mol. The summed E-state index contributed by atoms with van der Waals surface area (Å²) in [5, 5.41) is 4.72. The number of nitrogens with zero attached hydrogens (tertiary/aromatic N) is 5. The van der Waals surface area contributed by atoms with Crippen LogP contribution >= 0.6 is 0 Å². The summed E-state index contributed by atoms with van der Waals surface area (Å²) < 4.78 is 53.9. The molecule has 4 aromatic rings. The van der Waals surface area contributed by atoms with Crippen molar-refractivity contribution in [2.45, 2.75) is 134 Å². The van der Waals surface area contributed by atoms with E-state index in [1.54, 1.807) is 0 Å². The lowest BCUT2D eigenvalue weighted by molar-refractivity contribution is -0.120. The molecular weight excluding hydrogens is 742 g/mol. The Morgan fingerprint density at radius 3 is 2.26 bits per heavy atom. The highest BCUT2D eigenvalue weighted by atomic mass is 19.1. The number of terminal acetylenes is 1. The zero-order valence-electron chi connectivity index (χ0n) is 34.4. The van der Waals surface area contributed by atoms with Crippen LogP contribution in [0.4, 0.5) is 19.0 Å². The Bertz CT molecular complexity index is 2010. The number of nitrogens with one attached hydrogen (secondary N) is 1. The molecule has 0 spiro atoms. The van der Waals surface area contributed by atoms with E-state index in [1.807, 2.05) is 0 Å². The monoisotopic (exact) mass is 800 g/mol. The van der Waals surface area contributed by atoms with Crippen LogP contribution in [0.3, 0.4) is 0 Å². The third-order valence-corrected chi connectivity index (χ3v) is 11.9. The third kappa shape index (κ3) is 10.4. The van der Waals surface area contributed by atoms with Crippen LogP contribution in [0.25, 0.3) is 32.9 Å². The van der Waals surface area contributed by atoms with E-state index in [0.717, 1.165) is 38.9 Å². The molecule has 58 heavy (non-hydrogen) atoms. The van der Waals surface area contributed by atoms with Crippen molar-refractivity contribution in [3.8, 4) is 35.4 Å². The van der Waals surface area contributed by atoms with Gasteiger partial charge in [0.15, 0.2) is 5.82 Å². The lowest BCUT2D eigenvalue weighted by atomic mass is 9.95. The molecule has 4 fully saturated rings. The summed E-state index contributed by atoms with van der Waals surface area (Å²) in [7, 11) is 1.42. The number of halogens is 3. The maximum absolute atomic E-state index is 16.3. The number of fused-ring (bicyclic) bond motifs is 5. The molecule has 4 aliphatic rings. The molecule has 4 saturated heterocycles. The molecule has 0 aliphatic carbocycles. The van der Waals surface area contributed by atoms with Crippen LogP contribution in [0, 0.1) is 24.0 Å². The van der Waals surface area contributed by atoms with Crippen molar-refractivity contribution in [3.63, 3.8) is 0 Å². The topological polar surface area (TPSA) is 92.7 Å². The van der Waals surface area contributed by atoms with Crippen molar-refractivity contribution < 1.29 is 27.4 Å². The second kappa shape index (κ2) is 21.0. The lowest BCUT2D eigenvalue weighted by Gasteiger charge is -2.34. The Kier molecular flexibility index (Phi) is 15.6. The van der Waals surface area contributed by atoms with Gasteiger partial charge in [-0.05, 0) is 62.2 Å². The normalized spacial score (nSPS) is 20.9. The first-order valence-corrected chi connectivity index (χ1v) is 21.4. The number of alkyl halides is 1. The van der Waals surface area contributed by atoms with Crippen molar-refractivity contribution in [2.75, 3.05) is 38.2 Å². The number of aromatic nitrogens is 3. The summed E-state index contributed by atoms with van der Waals surface area (Å²) in [6, 6.07) is 6.90. The number of methoxy groups -OCH3 is 1. The van der Waals surface area contributed by atoms with Crippen molar-refractivity contribution in [1.29, 1.82) is 0 Å². The van der Waals surface area contributed by atoms with Gasteiger partial charge in [-0.3, -0.25) is 14.7 Å². The first kappa shape index (κ1) is 43.1. The zero-order valence-corrected chi connectivity index (χ0v) is 34.4. The molecule has 9 nitrogen and oxygen atoms in total. The van der Waals surface area contributed by atoms with Crippen molar-refractivity contribution in [1.82, 2.24) is 25.2 Å². The Balaban J connectivity index is 0.000000220. The first-order valence-electron chi connectivity index (χ1n) is 21.4. The molecule has 2 bridgehead atoms. The van der Waals surface area contributed by atoms with Crippen molar-refractivity contribution in [2.24, 2.45) is 0 Å². The number of rotatable bonds is 14. The molecular formula is C46H59F3N6O3. The Morgan fingerprint density at radius 1 is 0.948 bits per heavy atom. The fraction of sp³-hybridized carbons (Fsp3) is 0.565. The number of carbonyl (C=O) groups is 1. The average Bonchev–Trinajstić information content (AvgIpc) is 3.92. The second-order valence-electron chi connectivity index (χ2n) is 16.1. The number of ether oxygens (including phenoxy) is 2. The van der Waals surface area contributed by atoms with E-state index in [-0.39, 0.29) is 46.0 Å². The third-order valence-electron chi connectivity index (χ3n) is 11.9. The summed E-state index contributed by atoms with van der Waals surface area (Å²) in [5.74, 6) is 1.62. The minimum atomic E-state index is -0.755. The molecule has 6 heterocycles. The molecule has 0 saturated carbocycles. The smallest absolute Gasteiger partial charge is 0.318 e. The number of piperazine rings is 1. The molecule has 4 aliphatic heterocycles. The number of hydrogen-bond acceptors (Lipinski definition) is 9. The standard InChI is InChI=1S/C27H21F2N5O3.C12H26.C7H12FN/c1-3-18-21(28)7-4-14-8-17(37-13-35)9-19(22(14)18)24-23(29)25-20(10-30-24)26(33-27(32-25)36-2)34-11-15-5-6-16(12-34)31-15;1-3-5-7-9-11-12-10-8-6-4-2;8-6-4-7-2-1-3-9(7)5-6/h1,4,7-10,13,15-16,31H,5-6,11-12H2,2H3;3-12H2,1-2H3;6-7H,1-5H2/t;;6-,7?/m..1/s1. The summed E-state index contributed by atoms with van der Waals surface area (Å²) in [4.78, 5) is 28.7. The Morgan fingerprint density at radius 2 is 1.64 bits per heavy atom. The van der Waals surface area contributed by atoms with Crippen LogP contribution in [-0.2, 0) is 4.79 Å². The van der Waals surface area contributed by atoms with E-state index >= 15 is 4.39 Å². The molecule has 0 radical (unpaired) electrons.